The van der Waals surface area contributed by atoms with Crippen molar-refractivity contribution in [2.24, 2.45) is 11.5 Å². The van der Waals surface area contributed by atoms with Crippen LogP contribution in [-0.4, -0.2) is 110 Å². The van der Waals surface area contributed by atoms with E-state index in [1.165, 1.54) is 0 Å². The molecule has 0 saturated carbocycles. The van der Waals surface area contributed by atoms with Crippen molar-refractivity contribution in [3.63, 3.8) is 0 Å². The Hall–Kier alpha value is -3.11. The lowest BCUT2D eigenvalue weighted by Gasteiger charge is -2.25. The molecule has 14 heteroatoms. The van der Waals surface area contributed by atoms with E-state index in [4.69, 9.17) is 31.9 Å². The number of aromatic nitrogens is 1. The van der Waals surface area contributed by atoms with E-state index in [2.05, 4.69) is 15.6 Å². The van der Waals surface area contributed by atoms with Crippen molar-refractivity contribution in [1.82, 2.24) is 15.6 Å². The first-order valence-electron chi connectivity index (χ1n) is 11.5. The van der Waals surface area contributed by atoms with Gasteiger partial charge in [-0.15, -0.1) is 0 Å². The molecule has 1 heterocycles. The van der Waals surface area contributed by atoms with E-state index in [9.17, 15) is 24.6 Å². The van der Waals surface area contributed by atoms with Crippen LogP contribution in [0.25, 0.3) is 10.9 Å². The number of hydrogen-bond donors (Lipinski definition) is 11. The van der Waals surface area contributed by atoms with E-state index in [1.807, 2.05) is 24.3 Å². The standard InChI is InChI=1S/C16H20N4O4.C7H17NO5/c17-11(15(18)22)5-6-14(21)20-13(16(23)24)7-9-8-19-12-4-2-1-3-10(9)12;1-8-2-4(10)6(12)7(13)5(11)3-9/h1-4,8,11,13,19H,5-7,17H2,(H2,18,22)(H,20,21)(H,23,24);4-13H,2-3H2,1H3/t11-,13-;/m1./s1. The van der Waals surface area contributed by atoms with Gasteiger partial charge < -0.3 is 57.7 Å². The highest BCUT2D eigenvalue weighted by Crippen LogP contribution is 2.19. The quantitative estimate of drug-likeness (QED) is 0.115. The molecule has 0 aliphatic rings. The van der Waals surface area contributed by atoms with Crippen molar-refractivity contribution in [2.75, 3.05) is 20.2 Å². The number of carbonyl (C=O) groups excluding carboxylic acids is 2. The van der Waals surface area contributed by atoms with Gasteiger partial charge in [0.1, 0.15) is 24.4 Å². The van der Waals surface area contributed by atoms with Crippen LogP contribution in [0.2, 0.25) is 0 Å². The molecule has 6 atom stereocenters. The van der Waals surface area contributed by atoms with E-state index in [0.717, 1.165) is 16.5 Å². The van der Waals surface area contributed by atoms with Gasteiger partial charge in [0, 0.05) is 36.5 Å². The van der Waals surface area contributed by atoms with Crippen LogP contribution in [0.15, 0.2) is 30.5 Å². The summed E-state index contributed by atoms with van der Waals surface area (Å²) < 4.78 is 0. The van der Waals surface area contributed by atoms with Crippen molar-refractivity contribution in [2.45, 2.75) is 55.8 Å². The first-order chi connectivity index (χ1) is 17.4. The highest BCUT2D eigenvalue weighted by Gasteiger charge is 2.29. The normalized spacial score (nSPS) is 16.0. The molecule has 0 radical (unpaired) electrons. The molecule has 1 aromatic carbocycles. The average molecular weight is 528 g/mol. The number of benzene rings is 1. The Kier molecular flexibility index (Phi) is 13.7. The second-order valence-corrected chi connectivity index (χ2v) is 8.43. The minimum atomic E-state index is -1.55. The summed E-state index contributed by atoms with van der Waals surface area (Å²) in [6.45, 7) is -0.569. The third-order valence-corrected chi connectivity index (χ3v) is 5.52. The molecule has 2 rings (SSSR count). The van der Waals surface area contributed by atoms with Crippen LogP contribution < -0.4 is 22.1 Å². The fraction of sp³-hybridized carbons (Fsp3) is 0.522. The van der Waals surface area contributed by atoms with Crippen molar-refractivity contribution >= 4 is 28.7 Å². The number of rotatable bonds is 14. The predicted molar refractivity (Wildman–Crippen MR) is 133 cm³/mol. The number of aliphatic hydroxyl groups is 5. The molecule has 13 N–H and O–H groups in total. The number of fused-ring (bicyclic) bond motifs is 1. The monoisotopic (exact) mass is 527 g/mol. The zero-order valence-corrected chi connectivity index (χ0v) is 20.4. The number of nitrogens with two attached hydrogens (primary N) is 2. The maximum Gasteiger partial charge on any atom is 0.326 e. The predicted octanol–water partition coefficient (Wildman–Crippen LogP) is -3.49. The number of amides is 2. The van der Waals surface area contributed by atoms with Gasteiger partial charge in [-0.1, -0.05) is 18.2 Å². The topological polar surface area (TPSA) is 264 Å². The number of nitrogens with one attached hydrogen (secondary N) is 3. The fourth-order valence-electron chi connectivity index (χ4n) is 3.31. The number of carboxylic acids is 1. The number of primary amides is 1. The summed E-state index contributed by atoms with van der Waals surface area (Å²) in [5, 5.41) is 60.2. The van der Waals surface area contributed by atoms with Gasteiger partial charge in [-0.2, -0.15) is 0 Å². The number of para-hydroxylation sites is 1. The van der Waals surface area contributed by atoms with Crippen molar-refractivity contribution in [3.8, 4) is 0 Å². The minimum Gasteiger partial charge on any atom is -0.480 e. The van der Waals surface area contributed by atoms with Crippen LogP contribution >= 0.6 is 0 Å². The van der Waals surface area contributed by atoms with Crippen molar-refractivity contribution in [1.29, 1.82) is 0 Å². The molecule has 1 aromatic heterocycles. The van der Waals surface area contributed by atoms with Crippen LogP contribution in [0.5, 0.6) is 0 Å². The summed E-state index contributed by atoms with van der Waals surface area (Å²) in [5.41, 5.74) is 12.2. The van der Waals surface area contributed by atoms with Gasteiger partial charge in [0.25, 0.3) is 0 Å². The van der Waals surface area contributed by atoms with Gasteiger partial charge in [0.2, 0.25) is 11.8 Å². The van der Waals surface area contributed by atoms with E-state index in [1.54, 1.807) is 13.2 Å². The van der Waals surface area contributed by atoms with E-state index >= 15 is 0 Å². The highest BCUT2D eigenvalue weighted by atomic mass is 16.4. The third-order valence-electron chi connectivity index (χ3n) is 5.52. The molecule has 0 aliphatic carbocycles. The van der Waals surface area contributed by atoms with Crippen molar-refractivity contribution < 1.29 is 45.0 Å². The lowest BCUT2D eigenvalue weighted by molar-refractivity contribution is -0.141. The smallest absolute Gasteiger partial charge is 0.326 e. The third kappa shape index (κ3) is 10.4. The van der Waals surface area contributed by atoms with Gasteiger partial charge in [-0.3, -0.25) is 9.59 Å². The summed E-state index contributed by atoms with van der Waals surface area (Å²) >= 11 is 0. The Morgan fingerprint density at radius 2 is 1.68 bits per heavy atom. The molecule has 0 bridgehead atoms. The number of H-pyrrole nitrogens is 1. The summed E-state index contributed by atoms with van der Waals surface area (Å²) in [4.78, 5) is 37.2. The second kappa shape index (κ2) is 15.9. The molecule has 208 valence electrons. The van der Waals surface area contributed by atoms with Gasteiger partial charge in [0.05, 0.1) is 18.8 Å². The van der Waals surface area contributed by atoms with Crippen LogP contribution in [0, 0.1) is 0 Å². The Balaban J connectivity index is 0.000000448. The van der Waals surface area contributed by atoms with Crippen LogP contribution in [0.4, 0.5) is 0 Å². The Morgan fingerprint density at radius 1 is 1.05 bits per heavy atom. The van der Waals surface area contributed by atoms with E-state index in [0.29, 0.717) is 0 Å². The number of likely N-dealkylation sites (N-methyl/N-ethyl adjacent to an activating group) is 1. The number of hydrogen-bond acceptors (Lipinski definition) is 10. The minimum absolute atomic E-state index is 0.0677. The van der Waals surface area contributed by atoms with Gasteiger partial charge in [-0.05, 0) is 25.1 Å². The SMILES string of the molecule is CNCC(O)C(O)C(O)C(O)CO.NC(=O)[C@H](N)CCC(=O)N[C@H](Cc1c[nH]c2ccccc12)C(=O)O. The number of aromatic amines is 1. The summed E-state index contributed by atoms with van der Waals surface area (Å²) in [6, 6.07) is 5.51. The van der Waals surface area contributed by atoms with Crippen LogP contribution in [-0.2, 0) is 20.8 Å². The lowest BCUT2D eigenvalue weighted by atomic mass is 10.0. The largest absolute Gasteiger partial charge is 0.480 e. The molecular formula is C23H37N5O9. The first kappa shape index (κ1) is 31.9. The maximum absolute atomic E-state index is 11.9. The first-order valence-corrected chi connectivity index (χ1v) is 11.5. The molecule has 37 heavy (non-hydrogen) atoms. The van der Waals surface area contributed by atoms with Crippen molar-refractivity contribution in [3.05, 3.63) is 36.0 Å². The molecule has 2 aromatic rings. The Bertz CT molecular complexity index is 1000. The zero-order chi connectivity index (χ0) is 28.1. The molecule has 0 fully saturated rings. The summed E-state index contributed by atoms with van der Waals surface area (Å²) in [6.07, 6.45) is -3.77. The maximum atomic E-state index is 11.9. The number of carbonyl (C=O) groups is 3. The second-order valence-electron chi connectivity index (χ2n) is 8.43. The van der Waals surface area contributed by atoms with Gasteiger partial charge in [0.15, 0.2) is 0 Å². The average Bonchev–Trinajstić information content (AvgIpc) is 3.28. The number of carboxylic acid groups (broad SMARTS) is 1. The fourth-order valence-corrected chi connectivity index (χ4v) is 3.31. The van der Waals surface area contributed by atoms with Gasteiger partial charge in [-0.25, -0.2) is 4.79 Å². The molecule has 2 amide bonds. The molecule has 4 unspecified atom stereocenters. The van der Waals surface area contributed by atoms with E-state index < -0.39 is 60.9 Å². The Morgan fingerprint density at radius 3 is 2.24 bits per heavy atom. The number of aliphatic hydroxyl groups excluding tert-OH is 5. The molecule has 0 spiro atoms. The summed E-state index contributed by atoms with van der Waals surface area (Å²) in [5.74, 6) is -2.32. The van der Waals surface area contributed by atoms with E-state index in [-0.39, 0.29) is 25.8 Å². The Labute approximate surface area is 213 Å². The summed E-state index contributed by atoms with van der Waals surface area (Å²) in [7, 11) is 1.57. The molecule has 0 saturated heterocycles. The highest BCUT2D eigenvalue weighted by molar-refractivity contribution is 5.87. The van der Waals surface area contributed by atoms with Gasteiger partial charge >= 0.3 is 5.97 Å². The van der Waals surface area contributed by atoms with Crippen LogP contribution in [0.1, 0.15) is 18.4 Å². The lowest BCUT2D eigenvalue weighted by Crippen LogP contribution is -2.48. The zero-order valence-electron chi connectivity index (χ0n) is 20.4. The van der Waals surface area contributed by atoms with Crippen LogP contribution in [0.3, 0.4) is 0 Å². The molecule has 14 nitrogen and oxygen atoms in total. The molecular weight excluding hydrogens is 490 g/mol. The number of aliphatic carboxylic acids is 1. The molecule has 0 aliphatic heterocycles.